The third-order valence-corrected chi connectivity index (χ3v) is 5.43. The van der Waals surface area contributed by atoms with E-state index in [0.29, 0.717) is 22.5 Å². The molecular formula is C28H20N2O2. The van der Waals surface area contributed by atoms with Crippen molar-refractivity contribution in [2.45, 2.75) is 0 Å². The Morgan fingerprint density at radius 2 is 0.875 bits per heavy atom. The third-order valence-electron chi connectivity index (χ3n) is 5.43. The number of phenols is 2. The van der Waals surface area contributed by atoms with Gasteiger partial charge in [-0.15, -0.1) is 0 Å². The molecule has 0 unspecified atom stereocenters. The Morgan fingerprint density at radius 3 is 1.34 bits per heavy atom. The fourth-order valence-corrected chi connectivity index (χ4v) is 3.71. The minimum atomic E-state index is 0.203. The van der Waals surface area contributed by atoms with Crippen molar-refractivity contribution in [3.8, 4) is 11.5 Å². The van der Waals surface area contributed by atoms with Crippen LogP contribution in [0, 0.1) is 0 Å². The minimum absolute atomic E-state index is 0.203. The zero-order valence-electron chi connectivity index (χ0n) is 17.2. The van der Waals surface area contributed by atoms with E-state index in [-0.39, 0.29) is 11.5 Å². The van der Waals surface area contributed by atoms with Crippen LogP contribution in [0.3, 0.4) is 0 Å². The highest BCUT2D eigenvalue weighted by Gasteiger charge is 2.06. The van der Waals surface area contributed by atoms with Gasteiger partial charge in [0.05, 0.1) is 11.4 Å². The van der Waals surface area contributed by atoms with Crippen LogP contribution >= 0.6 is 0 Å². The second kappa shape index (κ2) is 8.36. The number of para-hydroxylation sites is 2. The average molecular weight is 416 g/mol. The highest BCUT2D eigenvalue weighted by atomic mass is 16.3. The molecule has 0 aliphatic carbocycles. The lowest BCUT2D eigenvalue weighted by Gasteiger charge is -2.05. The first-order valence-corrected chi connectivity index (χ1v) is 10.3. The van der Waals surface area contributed by atoms with E-state index in [9.17, 15) is 10.2 Å². The number of hydrogen-bond acceptors (Lipinski definition) is 4. The van der Waals surface area contributed by atoms with Gasteiger partial charge in [-0.1, -0.05) is 72.8 Å². The summed E-state index contributed by atoms with van der Waals surface area (Å²) in [5.41, 5.74) is 2.59. The molecule has 5 aromatic rings. The molecule has 5 rings (SSSR count). The lowest BCUT2D eigenvalue weighted by Crippen LogP contribution is -1.85. The Balaban J connectivity index is 1.47. The average Bonchev–Trinajstić information content (AvgIpc) is 2.84. The largest absolute Gasteiger partial charge is 0.507 e. The number of rotatable bonds is 4. The summed E-state index contributed by atoms with van der Waals surface area (Å²) in [6.07, 6.45) is 3.28. The van der Waals surface area contributed by atoms with Crippen molar-refractivity contribution in [2.75, 3.05) is 0 Å². The van der Waals surface area contributed by atoms with Crippen molar-refractivity contribution in [1.29, 1.82) is 0 Å². The molecule has 0 spiro atoms. The molecule has 2 N–H and O–H groups in total. The van der Waals surface area contributed by atoms with E-state index in [0.717, 1.165) is 21.5 Å². The third kappa shape index (κ3) is 3.70. The second-order valence-corrected chi connectivity index (χ2v) is 7.45. The van der Waals surface area contributed by atoms with Crippen LogP contribution < -0.4 is 0 Å². The summed E-state index contributed by atoms with van der Waals surface area (Å²) in [4.78, 5) is 9.13. The predicted octanol–water partition coefficient (Wildman–Crippen LogP) is 6.91. The fraction of sp³-hybridized carbons (Fsp3) is 0. The van der Waals surface area contributed by atoms with Gasteiger partial charge in [-0.2, -0.15) is 0 Å². The number of aliphatic imine (C=N–C) groups is 2. The number of fused-ring (bicyclic) bond motifs is 2. The normalized spacial score (nSPS) is 11.8. The van der Waals surface area contributed by atoms with Crippen LogP contribution in [0.1, 0.15) is 11.1 Å². The molecule has 0 bridgehead atoms. The Morgan fingerprint density at radius 1 is 0.469 bits per heavy atom. The molecular weight excluding hydrogens is 396 g/mol. The van der Waals surface area contributed by atoms with E-state index in [1.54, 1.807) is 12.4 Å². The fourth-order valence-electron chi connectivity index (χ4n) is 3.71. The molecule has 0 saturated carbocycles. The maximum atomic E-state index is 10.6. The highest BCUT2D eigenvalue weighted by molar-refractivity contribution is 5.99. The second-order valence-electron chi connectivity index (χ2n) is 7.45. The van der Waals surface area contributed by atoms with Crippen LogP contribution in [0.4, 0.5) is 11.4 Å². The maximum Gasteiger partial charge on any atom is 0.132 e. The first-order chi connectivity index (χ1) is 15.7. The zero-order chi connectivity index (χ0) is 21.9. The van der Waals surface area contributed by atoms with Crippen molar-refractivity contribution >= 4 is 45.3 Å². The van der Waals surface area contributed by atoms with E-state index < -0.39 is 0 Å². The van der Waals surface area contributed by atoms with Crippen LogP contribution in [0.25, 0.3) is 21.5 Å². The van der Waals surface area contributed by atoms with Crippen LogP contribution in [0.15, 0.2) is 107 Å². The quantitative estimate of drug-likeness (QED) is 0.313. The summed E-state index contributed by atoms with van der Waals surface area (Å²) >= 11 is 0. The number of phenolic OH excluding ortho intramolecular Hbond substituents is 2. The summed E-state index contributed by atoms with van der Waals surface area (Å²) in [6.45, 7) is 0. The molecule has 0 heterocycles. The molecule has 0 aliphatic rings. The Bertz CT molecular complexity index is 1390. The molecule has 0 amide bonds. The minimum Gasteiger partial charge on any atom is -0.507 e. The van der Waals surface area contributed by atoms with Crippen LogP contribution in [0.2, 0.25) is 0 Å². The smallest absolute Gasteiger partial charge is 0.132 e. The van der Waals surface area contributed by atoms with Crippen LogP contribution in [0.5, 0.6) is 11.5 Å². The summed E-state index contributed by atoms with van der Waals surface area (Å²) in [7, 11) is 0. The van der Waals surface area contributed by atoms with E-state index in [1.807, 2.05) is 97.1 Å². The standard InChI is InChI=1S/C28H20N2O2/c31-27-21(15-13-19-7-1-3-9-23(19)27)17-29-25-11-5-6-12-26(25)30-18-22-16-14-20-8-2-4-10-24(20)28(22)32/h1-18,31-32H. The van der Waals surface area contributed by atoms with Gasteiger partial charge in [-0.05, 0) is 35.0 Å². The van der Waals surface area contributed by atoms with Gasteiger partial charge >= 0.3 is 0 Å². The Kier molecular flexibility index (Phi) is 5.10. The summed E-state index contributed by atoms with van der Waals surface area (Å²) in [5, 5.41) is 24.8. The van der Waals surface area contributed by atoms with Crippen molar-refractivity contribution in [1.82, 2.24) is 0 Å². The van der Waals surface area contributed by atoms with Gasteiger partial charge < -0.3 is 10.2 Å². The number of hydrogen-bond donors (Lipinski definition) is 2. The molecule has 0 fully saturated rings. The molecule has 0 saturated heterocycles. The Hall–Kier alpha value is -4.44. The van der Waals surface area contributed by atoms with Gasteiger partial charge in [0, 0.05) is 34.3 Å². The van der Waals surface area contributed by atoms with E-state index >= 15 is 0 Å². The molecule has 0 atom stereocenters. The van der Waals surface area contributed by atoms with E-state index in [2.05, 4.69) is 9.98 Å². The first-order valence-electron chi connectivity index (χ1n) is 10.3. The van der Waals surface area contributed by atoms with Gasteiger partial charge in [0.1, 0.15) is 11.5 Å². The summed E-state index contributed by atoms with van der Waals surface area (Å²) in [5.74, 6) is 0.405. The first kappa shape index (κ1) is 19.5. The monoisotopic (exact) mass is 416 g/mol. The predicted molar refractivity (Wildman–Crippen MR) is 132 cm³/mol. The molecule has 32 heavy (non-hydrogen) atoms. The number of aromatic hydroxyl groups is 2. The van der Waals surface area contributed by atoms with Crippen molar-refractivity contribution in [3.05, 3.63) is 108 Å². The molecule has 4 nitrogen and oxygen atoms in total. The molecule has 0 radical (unpaired) electrons. The maximum absolute atomic E-state index is 10.6. The number of nitrogens with zero attached hydrogens (tertiary/aromatic N) is 2. The van der Waals surface area contributed by atoms with Crippen molar-refractivity contribution < 1.29 is 10.2 Å². The lowest BCUT2D eigenvalue weighted by atomic mass is 10.1. The molecule has 154 valence electrons. The van der Waals surface area contributed by atoms with Crippen LogP contribution in [-0.4, -0.2) is 22.6 Å². The van der Waals surface area contributed by atoms with E-state index in [1.165, 1.54) is 0 Å². The van der Waals surface area contributed by atoms with Gasteiger partial charge in [-0.3, -0.25) is 9.98 Å². The van der Waals surface area contributed by atoms with Crippen LogP contribution in [-0.2, 0) is 0 Å². The molecule has 0 aliphatic heterocycles. The van der Waals surface area contributed by atoms with Gasteiger partial charge in [0.25, 0.3) is 0 Å². The topological polar surface area (TPSA) is 65.2 Å². The van der Waals surface area contributed by atoms with Gasteiger partial charge in [0.2, 0.25) is 0 Å². The highest BCUT2D eigenvalue weighted by Crippen LogP contribution is 2.32. The van der Waals surface area contributed by atoms with Gasteiger partial charge in [-0.25, -0.2) is 0 Å². The van der Waals surface area contributed by atoms with Crippen molar-refractivity contribution in [3.63, 3.8) is 0 Å². The molecule has 5 aromatic carbocycles. The molecule has 0 aromatic heterocycles. The SMILES string of the molecule is Oc1c(C=Nc2ccccc2N=Cc2ccc3ccccc3c2O)ccc2ccccc12. The van der Waals surface area contributed by atoms with Crippen molar-refractivity contribution in [2.24, 2.45) is 9.98 Å². The van der Waals surface area contributed by atoms with Gasteiger partial charge in [0.15, 0.2) is 0 Å². The lowest BCUT2D eigenvalue weighted by molar-refractivity contribution is 0.480. The Labute approximate surface area is 185 Å². The number of benzene rings is 5. The van der Waals surface area contributed by atoms with E-state index in [4.69, 9.17) is 0 Å². The summed E-state index contributed by atoms with van der Waals surface area (Å²) < 4.78 is 0. The molecule has 4 heteroatoms. The zero-order valence-corrected chi connectivity index (χ0v) is 17.2. The summed E-state index contributed by atoms with van der Waals surface area (Å²) in [6, 6.07) is 30.5.